The van der Waals surface area contributed by atoms with E-state index in [1.54, 1.807) is 6.07 Å². The van der Waals surface area contributed by atoms with Crippen LogP contribution in [0.2, 0.25) is 5.02 Å². The third-order valence-corrected chi connectivity index (χ3v) is 4.58. The Kier molecular flexibility index (Phi) is 4.87. The number of aryl methyl sites for hydroxylation is 1. The highest BCUT2D eigenvalue weighted by Crippen LogP contribution is 2.24. The molecular formula is C14H17BrClNO2. The molecule has 2 rings (SSSR count). The molecule has 0 bridgehead atoms. The van der Waals surface area contributed by atoms with Gasteiger partial charge in [-0.25, -0.2) is 0 Å². The van der Waals surface area contributed by atoms with E-state index in [2.05, 4.69) is 15.9 Å². The van der Waals surface area contributed by atoms with Crippen molar-refractivity contribution in [1.29, 1.82) is 0 Å². The number of rotatable bonds is 2. The van der Waals surface area contributed by atoms with Gasteiger partial charge in [-0.1, -0.05) is 39.7 Å². The molecule has 2 unspecified atom stereocenters. The van der Waals surface area contributed by atoms with E-state index >= 15 is 0 Å². The summed E-state index contributed by atoms with van der Waals surface area (Å²) in [6.07, 6.45) is 0.0451. The van der Waals surface area contributed by atoms with Crippen LogP contribution in [0.1, 0.15) is 22.8 Å². The van der Waals surface area contributed by atoms with Crippen molar-refractivity contribution in [3.8, 4) is 0 Å². The van der Waals surface area contributed by atoms with Gasteiger partial charge in [0.1, 0.15) is 0 Å². The van der Waals surface area contributed by atoms with Crippen LogP contribution in [0.25, 0.3) is 0 Å². The van der Waals surface area contributed by atoms with Gasteiger partial charge in [-0.3, -0.25) is 4.79 Å². The first-order valence-electron chi connectivity index (χ1n) is 6.28. The summed E-state index contributed by atoms with van der Waals surface area (Å²) < 4.78 is 5.64. The maximum Gasteiger partial charge on any atom is 0.255 e. The molecule has 1 aliphatic heterocycles. The van der Waals surface area contributed by atoms with Crippen molar-refractivity contribution < 1.29 is 9.53 Å². The molecule has 1 aliphatic rings. The second kappa shape index (κ2) is 6.25. The Morgan fingerprint density at radius 2 is 2.32 bits per heavy atom. The molecule has 1 amide bonds. The molecule has 5 heteroatoms. The minimum absolute atomic E-state index is 0.0181. The summed E-state index contributed by atoms with van der Waals surface area (Å²) in [5.41, 5.74) is 1.49. The van der Waals surface area contributed by atoms with Crippen molar-refractivity contribution in [3.05, 3.63) is 34.3 Å². The average Bonchev–Trinajstić information content (AvgIpc) is 2.42. The number of benzene rings is 1. The van der Waals surface area contributed by atoms with Gasteiger partial charge in [0.2, 0.25) is 0 Å². The summed E-state index contributed by atoms with van der Waals surface area (Å²) in [6, 6.07) is 5.62. The van der Waals surface area contributed by atoms with E-state index < -0.39 is 0 Å². The minimum atomic E-state index is -0.0181. The molecule has 1 heterocycles. The fourth-order valence-corrected chi connectivity index (χ4v) is 2.76. The zero-order valence-electron chi connectivity index (χ0n) is 11.0. The molecule has 1 fully saturated rings. The van der Waals surface area contributed by atoms with Crippen molar-refractivity contribution in [3.63, 3.8) is 0 Å². The molecule has 3 nitrogen and oxygen atoms in total. The van der Waals surface area contributed by atoms with Crippen LogP contribution in [0.4, 0.5) is 0 Å². The number of nitrogens with zero attached hydrogens (tertiary/aromatic N) is 1. The van der Waals surface area contributed by atoms with Crippen LogP contribution in [0.5, 0.6) is 0 Å². The maximum atomic E-state index is 12.6. The van der Waals surface area contributed by atoms with Crippen molar-refractivity contribution >= 4 is 33.4 Å². The van der Waals surface area contributed by atoms with Crippen LogP contribution < -0.4 is 0 Å². The largest absolute Gasteiger partial charge is 0.373 e. The zero-order valence-corrected chi connectivity index (χ0v) is 13.4. The van der Waals surface area contributed by atoms with Gasteiger partial charge in [-0.15, -0.1) is 0 Å². The highest BCUT2D eigenvalue weighted by Gasteiger charge is 2.30. The maximum absolute atomic E-state index is 12.6. The van der Waals surface area contributed by atoms with E-state index in [-0.39, 0.29) is 18.1 Å². The van der Waals surface area contributed by atoms with Gasteiger partial charge in [0.05, 0.1) is 29.3 Å². The van der Waals surface area contributed by atoms with E-state index in [1.165, 1.54) is 0 Å². The van der Waals surface area contributed by atoms with Crippen LogP contribution in [0.3, 0.4) is 0 Å². The Bertz CT molecular complexity index is 481. The van der Waals surface area contributed by atoms with E-state index in [0.717, 1.165) is 10.9 Å². The molecule has 0 saturated carbocycles. The molecule has 0 N–H and O–H groups in total. The first-order valence-corrected chi connectivity index (χ1v) is 7.78. The van der Waals surface area contributed by atoms with Crippen molar-refractivity contribution in [1.82, 2.24) is 4.90 Å². The molecule has 1 aromatic rings. The number of alkyl halides is 1. The fourth-order valence-electron chi connectivity index (χ4n) is 2.16. The second-order valence-corrected chi connectivity index (χ2v) is 5.88. The monoisotopic (exact) mass is 345 g/mol. The molecule has 19 heavy (non-hydrogen) atoms. The molecule has 0 spiro atoms. The van der Waals surface area contributed by atoms with E-state index in [0.29, 0.717) is 23.7 Å². The van der Waals surface area contributed by atoms with Gasteiger partial charge in [0, 0.05) is 11.9 Å². The number of hydrogen-bond donors (Lipinski definition) is 0. The summed E-state index contributed by atoms with van der Waals surface area (Å²) in [4.78, 5) is 14.5. The van der Waals surface area contributed by atoms with E-state index in [9.17, 15) is 4.79 Å². The Labute approximate surface area is 127 Å². The summed E-state index contributed by atoms with van der Waals surface area (Å²) in [5, 5.41) is 1.27. The fraction of sp³-hybridized carbons (Fsp3) is 0.500. The van der Waals surface area contributed by atoms with Crippen LogP contribution >= 0.6 is 27.5 Å². The SMILES string of the molecule is Cc1cccc(C(=O)N2CC(CBr)OCC2C)c1Cl. The number of amides is 1. The molecule has 2 atom stereocenters. The quantitative estimate of drug-likeness (QED) is 0.769. The van der Waals surface area contributed by atoms with Crippen molar-refractivity contribution in [2.75, 3.05) is 18.5 Å². The molecule has 1 saturated heterocycles. The Hall–Kier alpha value is -0.580. The molecule has 0 radical (unpaired) electrons. The van der Waals surface area contributed by atoms with Crippen LogP contribution in [-0.2, 0) is 4.74 Å². The first kappa shape index (κ1) is 14.8. The lowest BCUT2D eigenvalue weighted by atomic mass is 10.1. The number of carbonyl (C=O) groups excluding carboxylic acids is 1. The number of ether oxygens (including phenoxy) is 1. The van der Waals surface area contributed by atoms with Gasteiger partial charge < -0.3 is 9.64 Å². The van der Waals surface area contributed by atoms with E-state index in [1.807, 2.05) is 30.9 Å². The lowest BCUT2D eigenvalue weighted by Gasteiger charge is -2.37. The molecule has 0 aliphatic carbocycles. The van der Waals surface area contributed by atoms with Crippen molar-refractivity contribution in [2.45, 2.75) is 26.0 Å². The summed E-state index contributed by atoms with van der Waals surface area (Å²) in [7, 11) is 0. The topological polar surface area (TPSA) is 29.5 Å². The van der Waals surface area contributed by atoms with E-state index in [4.69, 9.17) is 16.3 Å². The summed E-state index contributed by atoms with van der Waals surface area (Å²) in [6.45, 7) is 5.05. The standard InChI is InChI=1S/C14H17BrClNO2/c1-9-4-3-5-12(13(9)16)14(18)17-7-11(6-15)19-8-10(17)2/h3-5,10-11H,6-8H2,1-2H3. The van der Waals surface area contributed by atoms with Crippen LogP contribution in [0.15, 0.2) is 18.2 Å². The highest BCUT2D eigenvalue weighted by molar-refractivity contribution is 9.09. The van der Waals surface area contributed by atoms with Gasteiger partial charge >= 0.3 is 0 Å². The number of carbonyl (C=O) groups is 1. The molecule has 1 aromatic carbocycles. The number of morpholine rings is 1. The Morgan fingerprint density at radius 3 is 3.00 bits per heavy atom. The average molecular weight is 347 g/mol. The van der Waals surface area contributed by atoms with Gasteiger partial charge in [0.15, 0.2) is 0 Å². The Balaban J connectivity index is 2.24. The molecule has 0 aromatic heterocycles. The minimum Gasteiger partial charge on any atom is -0.373 e. The smallest absolute Gasteiger partial charge is 0.255 e. The summed E-state index contributed by atoms with van der Waals surface area (Å²) in [5.74, 6) is -0.0181. The number of halogens is 2. The predicted octanol–water partition coefficient (Wildman–Crippen LogP) is 3.27. The lowest BCUT2D eigenvalue weighted by molar-refractivity contribution is -0.0361. The highest BCUT2D eigenvalue weighted by atomic mass is 79.9. The zero-order chi connectivity index (χ0) is 14.0. The van der Waals surface area contributed by atoms with Gasteiger partial charge in [0.25, 0.3) is 5.91 Å². The first-order chi connectivity index (χ1) is 9.04. The molecular weight excluding hydrogens is 330 g/mol. The molecule has 104 valence electrons. The van der Waals surface area contributed by atoms with Gasteiger partial charge in [-0.05, 0) is 25.5 Å². The summed E-state index contributed by atoms with van der Waals surface area (Å²) >= 11 is 9.64. The van der Waals surface area contributed by atoms with Crippen molar-refractivity contribution in [2.24, 2.45) is 0 Å². The van der Waals surface area contributed by atoms with Crippen LogP contribution in [-0.4, -0.2) is 41.4 Å². The Morgan fingerprint density at radius 1 is 1.58 bits per heavy atom. The second-order valence-electron chi connectivity index (χ2n) is 4.85. The van der Waals surface area contributed by atoms with Crippen LogP contribution in [0, 0.1) is 6.92 Å². The normalized spacial score (nSPS) is 23.5. The lowest BCUT2D eigenvalue weighted by Crippen LogP contribution is -2.51. The number of hydrogen-bond acceptors (Lipinski definition) is 2. The third kappa shape index (κ3) is 3.12. The van der Waals surface area contributed by atoms with Gasteiger partial charge in [-0.2, -0.15) is 0 Å². The third-order valence-electron chi connectivity index (χ3n) is 3.36. The predicted molar refractivity (Wildman–Crippen MR) is 80.2 cm³/mol.